The summed E-state index contributed by atoms with van der Waals surface area (Å²) in [7, 11) is 0. The predicted octanol–water partition coefficient (Wildman–Crippen LogP) is 2.23. The highest BCUT2D eigenvalue weighted by molar-refractivity contribution is 5.81. The Morgan fingerprint density at radius 2 is 2.16 bits per heavy atom. The molecule has 0 aliphatic carbocycles. The average molecular weight is 258 g/mol. The number of nitrogens with zero attached hydrogens (tertiary/aromatic N) is 1. The maximum Gasteiger partial charge on any atom is 0.320 e. The number of carboxylic acid groups (broad SMARTS) is 1. The van der Waals surface area contributed by atoms with E-state index < -0.39 is 12.0 Å². The highest BCUT2D eigenvalue weighted by Crippen LogP contribution is 2.16. The van der Waals surface area contributed by atoms with Crippen molar-refractivity contribution in [2.75, 3.05) is 6.54 Å². The number of aromatic nitrogens is 1. The molecule has 4 nitrogen and oxygen atoms in total. The zero-order valence-corrected chi connectivity index (χ0v) is 11.0. The first-order chi connectivity index (χ1) is 9.22. The van der Waals surface area contributed by atoms with Crippen molar-refractivity contribution < 1.29 is 9.90 Å². The van der Waals surface area contributed by atoms with Crippen LogP contribution >= 0.6 is 0 Å². The Labute approximate surface area is 112 Å². The average Bonchev–Trinajstić information content (AvgIpc) is 2.43. The van der Waals surface area contributed by atoms with Crippen molar-refractivity contribution in [3.8, 4) is 0 Å². The Bertz CT molecular complexity index is 564. The van der Waals surface area contributed by atoms with Crippen molar-refractivity contribution in [3.05, 3.63) is 42.1 Å². The van der Waals surface area contributed by atoms with Gasteiger partial charge < -0.3 is 10.4 Å². The van der Waals surface area contributed by atoms with Crippen molar-refractivity contribution >= 4 is 16.9 Å². The van der Waals surface area contributed by atoms with Crippen LogP contribution in [0.2, 0.25) is 0 Å². The van der Waals surface area contributed by atoms with Crippen molar-refractivity contribution in [3.63, 3.8) is 0 Å². The SMILES string of the molecule is CCC(NCCc1cccc2cccnc12)C(=O)O. The molecular formula is C15H18N2O2. The predicted molar refractivity (Wildman–Crippen MR) is 75.2 cm³/mol. The number of carboxylic acids is 1. The van der Waals surface area contributed by atoms with Gasteiger partial charge in [0, 0.05) is 18.1 Å². The Morgan fingerprint density at radius 3 is 2.89 bits per heavy atom. The van der Waals surface area contributed by atoms with Gasteiger partial charge in [-0.2, -0.15) is 0 Å². The fourth-order valence-corrected chi connectivity index (χ4v) is 2.16. The lowest BCUT2D eigenvalue weighted by molar-refractivity contribution is -0.139. The number of nitrogens with one attached hydrogen (secondary N) is 1. The summed E-state index contributed by atoms with van der Waals surface area (Å²) < 4.78 is 0. The molecule has 2 aromatic rings. The van der Waals surface area contributed by atoms with E-state index in [9.17, 15) is 4.79 Å². The third-order valence-corrected chi connectivity index (χ3v) is 3.21. The van der Waals surface area contributed by atoms with Crippen LogP contribution in [0.4, 0.5) is 0 Å². The molecule has 0 saturated carbocycles. The maximum atomic E-state index is 10.9. The van der Waals surface area contributed by atoms with Gasteiger partial charge in [-0.15, -0.1) is 0 Å². The first-order valence-corrected chi connectivity index (χ1v) is 6.51. The van der Waals surface area contributed by atoms with Crippen molar-refractivity contribution in [1.82, 2.24) is 10.3 Å². The number of hydrogen-bond donors (Lipinski definition) is 2. The molecule has 1 aromatic heterocycles. The molecule has 0 radical (unpaired) electrons. The molecule has 0 aliphatic heterocycles. The molecule has 1 aromatic carbocycles. The normalized spacial score (nSPS) is 12.5. The second kappa shape index (κ2) is 6.29. The van der Waals surface area contributed by atoms with Gasteiger partial charge in [-0.3, -0.25) is 9.78 Å². The first kappa shape index (κ1) is 13.5. The van der Waals surface area contributed by atoms with Crippen molar-refractivity contribution in [2.24, 2.45) is 0 Å². The summed E-state index contributed by atoms with van der Waals surface area (Å²) >= 11 is 0. The van der Waals surface area contributed by atoms with Crippen LogP contribution in [-0.2, 0) is 11.2 Å². The topological polar surface area (TPSA) is 62.2 Å². The molecule has 2 rings (SSSR count). The number of rotatable bonds is 6. The summed E-state index contributed by atoms with van der Waals surface area (Å²) in [6, 6.07) is 9.56. The minimum atomic E-state index is -0.793. The number of aliphatic carboxylic acids is 1. The number of hydrogen-bond acceptors (Lipinski definition) is 3. The van der Waals surface area contributed by atoms with E-state index in [4.69, 9.17) is 5.11 Å². The minimum Gasteiger partial charge on any atom is -0.480 e. The summed E-state index contributed by atoms with van der Waals surface area (Å²) in [6.45, 7) is 2.51. The summed E-state index contributed by atoms with van der Waals surface area (Å²) in [5.74, 6) is -0.793. The largest absolute Gasteiger partial charge is 0.480 e. The van der Waals surface area contributed by atoms with E-state index in [2.05, 4.69) is 10.3 Å². The number of carbonyl (C=O) groups is 1. The summed E-state index contributed by atoms with van der Waals surface area (Å²) in [5, 5.41) is 13.1. The second-order valence-electron chi connectivity index (χ2n) is 4.50. The fourth-order valence-electron chi connectivity index (χ4n) is 2.16. The van der Waals surface area contributed by atoms with Crippen LogP contribution < -0.4 is 5.32 Å². The summed E-state index contributed by atoms with van der Waals surface area (Å²) in [4.78, 5) is 15.3. The van der Waals surface area contributed by atoms with Crippen LogP contribution in [0.15, 0.2) is 36.5 Å². The Balaban J connectivity index is 2.04. The van der Waals surface area contributed by atoms with Gasteiger partial charge in [0.15, 0.2) is 0 Å². The van der Waals surface area contributed by atoms with Crippen LogP contribution in [0, 0.1) is 0 Å². The molecule has 0 amide bonds. The minimum absolute atomic E-state index is 0.470. The molecule has 1 atom stereocenters. The molecule has 0 aliphatic rings. The smallest absolute Gasteiger partial charge is 0.320 e. The molecule has 0 bridgehead atoms. The second-order valence-corrected chi connectivity index (χ2v) is 4.50. The number of para-hydroxylation sites is 1. The van der Waals surface area contributed by atoms with E-state index in [1.54, 1.807) is 6.20 Å². The maximum absolute atomic E-state index is 10.9. The van der Waals surface area contributed by atoms with Gasteiger partial charge in [-0.05, 0) is 24.5 Å². The van der Waals surface area contributed by atoms with Gasteiger partial charge in [0.2, 0.25) is 0 Å². The quantitative estimate of drug-likeness (QED) is 0.834. The standard InChI is InChI=1S/C15H18N2O2/c1-2-13(15(18)19)16-10-8-12-6-3-5-11-7-4-9-17-14(11)12/h3-7,9,13,16H,2,8,10H2,1H3,(H,18,19). The van der Waals surface area contributed by atoms with Crippen LogP contribution in [0.25, 0.3) is 10.9 Å². The molecule has 1 unspecified atom stereocenters. The number of benzene rings is 1. The van der Waals surface area contributed by atoms with Crippen molar-refractivity contribution in [2.45, 2.75) is 25.8 Å². The highest BCUT2D eigenvalue weighted by atomic mass is 16.4. The van der Waals surface area contributed by atoms with Crippen molar-refractivity contribution in [1.29, 1.82) is 0 Å². The van der Waals surface area contributed by atoms with Gasteiger partial charge in [-0.1, -0.05) is 31.2 Å². The lowest BCUT2D eigenvalue weighted by Gasteiger charge is -2.12. The molecule has 0 spiro atoms. The lowest BCUT2D eigenvalue weighted by Crippen LogP contribution is -2.37. The monoisotopic (exact) mass is 258 g/mol. The molecule has 4 heteroatoms. The Morgan fingerprint density at radius 1 is 1.37 bits per heavy atom. The van der Waals surface area contributed by atoms with Crippen LogP contribution in [-0.4, -0.2) is 28.6 Å². The Hall–Kier alpha value is -1.94. The zero-order chi connectivity index (χ0) is 13.7. The van der Waals surface area contributed by atoms with E-state index in [0.717, 1.165) is 22.9 Å². The molecule has 2 N–H and O–H groups in total. The molecular weight excluding hydrogens is 240 g/mol. The Kier molecular flexibility index (Phi) is 4.47. The number of fused-ring (bicyclic) bond motifs is 1. The molecule has 1 heterocycles. The highest BCUT2D eigenvalue weighted by Gasteiger charge is 2.13. The van der Waals surface area contributed by atoms with Gasteiger partial charge >= 0.3 is 5.97 Å². The number of pyridine rings is 1. The molecule has 100 valence electrons. The van der Waals surface area contributed by atoms with Crippen LogP contribution in [0.1, 0.15) is 18.9 Å². The first-order valence-electron chi connectivity index (χ1n) is 6.51. The summed E-state index contributed by atoms with van der Waals surface area (Å²) in [6.07, 6.45) is 3.15. The van der Waals surface area contributed by atoms with Crippen LogP contribution in [0.5, 0.6) is 0 Å². The van der Waals surface area contributed by atoms with Gasteiger partial charge in [0.25, 0.3) is 0 Å². The van der Waals surface area contributed by atoms with E-state index in [-0.39, 0.29) is 0 Å². The van der Waals surface area contributed by atoms with E-state index in [0.29, 0.717) is 13.0 Å². The van der Waals surface area contributed by atoms with E-state index in [1.807, 2.05) is 37.3 Å². The third kappa shape index (κ3) is 3.29. The fraction of sp³-hybridized carbons (Fsp3) is 0.333. The lowest BCUT2D eigenvalue weighted by atomic mass is 10.1. The third-order valence-electron chi connectivity index (χ3n) is 3.21. The van der Waals surface area contributed by atoms with Gasteiger partial charge in [-0.25, -0.2) is 0 Å². The molecule has 0 saturated heterocycles. The molecule has 0 fully saturated rings. The van der Waals surface area contributed by atoms with E-state index in [1.165, 1.54) is 0 Å². The van der Waals surface area contributed by atoms with Crippen LogP contribution in [0.3, 0.4) is 0 Å². The van der Waals surface area contributed by atoms with Gasteiger partial charge in [0.1, 0.15) is 6.04 Å². The zero-order valence-electron chi connectivity index (χ0n) is 11.0. The summed E-state index contributed by atoms with van der Waals surface area (Å²) in [5.41, 5.74) is 2.14. The molecule has 19 heavy (non-hydrogen) atoms. The van der Waals surface area contributed by atoms with E-state index >= 15 is 0 Å². The van der Waals surface area contributed by atoms with Gasteiger partial charge in [0.05, 0.1) is 5.52 Å².